The van der Waals surface area contributed by atoms with Crippen LogP contribution in [0.3, 0.4) is 0 Å². The second-order valence-electron chi connectivity index (χ2n) is 9.54. The summed E-state index contributed by atoms with van der Waals surface area (Å²) in [5, 5.41) is 0. The van der Waals surface area contributed by atoms with Crippen molar-refractivity contribution in [1.29, 1.82) is 0 Å². The molecule has 2 aliphatic rings. The molecule has 1 aliphatic carbocycles. The maximum atomic E-state index is 13.6. The molecule has 0 aromatic heterocycles. The number of thioether (sulfide) groups is 1. The summed E-state index contributed by atoms with van der Waals surface area (Å²) in [4.78, 5) is 30.9. The minimum absolute atomic E-state index is 0.0344. The van der Waals surface area contributed by atoms with Crippen LogP contribution >= 0.6 is 11.8 Å². The Kier molecular flexibility index (Phi) is 6.51. The molecule has 1 aromatic carbocycles. The predicted octanol–water partition coefficient (Wildman–Crippen LogP) is 5.05. The Morgan fingerprint density at radius 2 is 1.97 bits per heavy atom. The summed E-state index contributed by atoms with van der Waals surface area (Å²) >= 11 is 1.70. The SMILES string of the molecule is CCSc1ccccc1C(=O)N(CC1(C)CC1)[C@H]1CCN(C(=O)OC(C)(C)C)C1. The molecule has 1 aliphatic heterocycles. The number of carbonyl (C=O) groups is 2. The summed E-state index contributed by atoms with van der Waals surface area (Å²) in [5.74, 6) is 1.02. The number of benzene rings is 1. The van der Waals surface area contributed by atoms with Crippen molar-refractivity contribution in [3.63, 3.8) is 0 Å². The van der Waals surface area contributed by atoms with Crippen molar-refractivity contribution >= 4 is 23.8 Å². The Morgan fingerprint density at radius 1 is 1.28 bits per heavy atom. The minimum atomic E-state index is -0.511. The highest BCUT2D eigenvalue weighted by atomic mass is 32.2. The van der Waals surface area contributed by atoms with Gasteiger partial charge in [-0.25, -0.2) is 4.79 Å². The van der Waals surface area contributed by atoms with E-state index < -0.39 is 5.60 Å². The highest BCUT2D eigenvalue weighted by Crippen LogP contribution is 2.46. The average Bonchev–Trinajstić information content (AvgIpc) is 3.17. The van der Waals surface area contributed by atoms with Gasteiger partial charge in [0.15, 0.2) is 0 Å². The van der Waals surface area contributed by atoms with Gasteiger partial charge in [-0.05, 0) is 63.3 Å². The number of likely N-dealkylation sites (tertiary alicyclic amines) is 1. The van der Waals surface area contributed by atoms with E-state index >= 15 is 0 Å². The third-order valence-electron chi connectivity index (χ3n) is 5.59. The van der Waals surface area contributed by atoms with Crippen molar-refractivity contribution in [1.82, 2.24) is 9.80 Å². The summed E-state index contributed by atoms with van der Waals surface area (Å²) in [6, 6.07) is 7.92. The first-order valence-corrected chi connectivity index (χ1v) is 11.6. The van der Waals surface area contributed by atoms with Crippen molar-refractivity contribution in [3.05, 3.63) is 29.8 Å². The molecule has 0 radical (unpaired) electrons. The normalized spacial score (nSPS) is 20.4. The molecule has 0 bridgehead atoms. The molecule has 0 unspecified atom stereocenters. The molecule has 6 heteroatoms. The number of amides is 2. The number of nitrogens with zero attached hydrogens (tertiary/aromatic N) is 2. The van der Waals surface area contributed by atoms with E-state index in [0.717, 1.165) is 42.0 Å². The lowest BCUT2D eigenvalue weighted by Crippen LogP contribution is -2.45. The summed E-state index contributed by atoms with van der Waals surface area (Å²) in [6.07, 6.45) is 2.83. The van der Waals surface area contributed by atoms with Crippen LogP contribution in [0.15, 0.2) is 29.2 Å². The Balaban J connectivity index is 1.78. The standard InChI is InChI=1S/C23H34N2O3S/c1-6-29-19-10-8-7-9-18(19)20(26)25(16-23(5)12-13-23)17-11-14-24(15-17)21(27)28-22(2,3)4/h7-10,17H,6,11-16H2,1-5H3/t17-/m0/s1. The number of rotatable bonds is 6. The molecule has 0 N–H and O–H groups in total. The molecule has 1 atom stereocenters. The first-order valence-electron chi connectivity index (χ1n) is 10.6. The lowest BCUT2D eigenvalue weighted by Gasteiger charge is -2.32. The first-order chi connectivity index (χ1) is 13.6. The van der Waals surface area contributed by atoms with Gasteiger partial charge < -0.3 is 14.5 Å². The summed E-state index contributed by atoms with van der Waals surface area (Å²) < 4.78 is 5.54. The first kappa shape index (κ1) is 22.0. The quantitative estimate of drug-likeness (QED) is 0.607. The second kappa shape index (κ2) is 8.58. The maximum absolute atomic E-state index is 13.6. The van der Waals surface area contributed by atoms with E-state index in [1.807, 2.05) is 49.9 Å². The fourth-order valence-electron chi connectivity index (χ4n) is 3.72. The van der Waals surface area contributed by atoms with E-state index in [0.29, 0.717) is 13.1 Å². The molecule has 1 aromatic rings. The monoisotopic (exact) mass is 418 g/mol. The molecule has 1 saturated carbocycles. The topological polar surface area (TPSA) is 49.9 Å². The van der Waals surface area contributed by atoms with Crippen molar-refractivity contribution < 1.29 is 14.3 Å². The highest BCUT2D eigenvalue weighted by Gasteiger charge is 2.44. The van der Waals surface area contributed by atoms with Gasteiger partial charge in [0.2, 0.25) is 0 Å². The molecule has 160 valence electrons. The molecule has 1 saturated heterocycles. The van der Waals surface area contributed by atoms with Crippen LogP contribution in [0.25, 0.3) is 0 Å². The summed E-state index contributed by atoms with van der Waals surface area (Å²) in [5.41, 5.74) is 0.476. The lowest BCUT2D eigenvalue weighted by atomic mass is 10.1. The molecular formula is C23H34N2O3S. The van der Waals surface area contributed by atoms with Gasteiger partial charge in [-0.2, -0.15) is 0 Å². The van der Waals surface area contributed by atoms with Gasteiger partial charge in [-0.15, -0.1) is 11.8 Å². The van der Waals surface area contributed by atoms with Crippen LogP contribution in [0, 0.1) is 5.41 Å². The summed E-state index contributed by atoms with van der Waals surface area (Å²) in [7, 11) is 0. The van der Waals surface area contributed by atoms with Gasteiger partial charge in [0.1, 0.15) is 5.60 Å². The van der Waals surface area contributed by atoms with Crippen molar-refractivity contribution in [2.45, 2.75) is 70.4 Å². The highest BCUT2D eigenvalue weighted by molar-refractivity contribution is 7.99. The molecule has 5 nitrogen and oxygen atoms in total. The van der Waals surface area contributed by atoms with Gasteiger partial charge in [-0.3, -0.25) is 4.79 Å². The number of hydrogen-bond donors (Lipinski definition) is 0. The smallest absolute Gasteiger partial charge is 0.410 e. The van der Waals surface area contributed by atoms with Crippen LogP contribution in [0.2, 0.25) is 0 Å². The zero-order valence-corrected chi connectivity index (χ0v) is 19.2. The van der Waals surface area contributed by atoms with E-state index in [1.165, 1.54) is 0 Å². The number of ether oxygens (including phenoxy) is 1. The van der Waals surface area contributed by atoms with E-state index in [9.17, 15) is 9.59 Å². The van der Waals surface area contributed by atoms with Crippen LogP contribution in [0.5, 0.6) is 0 Å². The van der Waals surface area contributed by atoms with E-state index in [-0.39, 0.29) is 23.5 Å². The van der Waals surface area contributed by atoms with Gasteiger partial charge in [0, 0.05) is 24.5 Å². The predicted molar refractivity (Wildman–Crippen MR) is 117 cm³/mol. The van der Waals surface area contributed by atoms with Crippen LogP contribution in [0.1, 0.15) is 64.2 Å². The average molecular weight is 419 g/mol. The largest absolute Gasteiger partial charge is 0.444 e. The van der Waals surface area contributed by atoms with Crippen LogP contribution in [-0.2, 0) is 4.74 Å². The Hall–Kier alpha value is -1.69. The van der Waals surface area contributed by atoms with Gasteiger partial charge >= 0.3 is 6.09 Å². The lowest BCUT2D eigenvalue weighted by molar-refractivity contribution is 0.0272. The third kappa shape index (κ3) is 5.68. The fraction of sp³-hybridized carbons (Fsp3) is 0.652. The minimum Gasteiger partial charge on any atom is -0.444 e. The Labute approximate surface area is 179 Å². The van der Waals surface area contributed by atoms with E-state index in [1.54, 1.807) is 16.7 Å². The van der Waals surface area contributed by atoms with E-state index in [2.05, 4.69) is 13.8 Å². The molecular weight excluding hydrogens is 384 g/mol. The van der Waals surface area contributed by atoms with Crippen molar-refractivity contribution in [2.75, 3.05) is 25.4 Å². The van der Waals surface area contributed by atoms with Crippen LogP contribution in [0.4, 0.5) is 4.79 Å². The fourth-order valence-corrected chi connectivity index (χ4v) is 4.51. The number of hydrogen-bond acceptors (Lipinski definition) is 4. The van der Waals surface area contributed by atoms with Crippen molar-refractivity contribution in [3.8, 4) is 0 Å². The van der Waals surface area contributed by atoms with Crippen molar-refractivity contribution in [2.24, 2.45) is 5.41 Å². The second-order valence-corrected chi connectivity index (χ2v) is 10.8. The van der Waals surface area contributed by atoms with Crippen LogP contribution in [-0.4, -0.2) is 58.8 Å². The van der Waals surface area contributed by atoms with Gasteiger partial charge in [-0.1, -0.05) is 26.0 Å². The summed E-state index contributed by atoms with van der Waals surface area (Å²) in [6.45, 7) is 11.9. The maximum Gasteiger partial charge on any atom is 0.410 e. The van der Waals surface area contributed by atoms with E-state index in [4.69, 9.17) is 4.74 Å². The molecule has 0 spiro atoms. The molecule has 1 heterocycles. The zero-order chi connectivity index (χ0) is 21.2. The third-order valence-corrected chi connectivity index (χ3v) is 6.55. The van der Waals surface area contributed by atoms with Crippen LogP contribution < -0.4 is 0 Å². The zero-order valence-electron chi connectivity index (χ0n) is 18.4. The Bertz CT molecular complexity index is 755. The van der Waals surface area contributed by atoms with Gasteiger partial charge in [0.25, 0.3) is 5.91 Å². The molecule has 3 rings (SSSR count). The molecule has 2 amide bonds. The number of carbonyl (C=O) groups excluding carboxylic acids is 2. The molecule has 29 heavy (non-hydrogen) atoms. The molecule has 2 fully saturated rings. The van der Waals surface area contributed by atoms with Gasteiger partial charge in [0.05, 0.1) is 11.6 Å². The Morgan fingerprint density at radius 3 is 2.59 bits per heavy atom.